The molecular formula is C13H17ClN4O. The maximum atomic E-state index is 8.98. The highest BCUT2D eigenvalue weighted by Gasteiger charge is 2.16. The van der Waals surface area contributed by atoms with Crippen LogP contribution in [0.15, 0.2) is 12.1 Å². The highest BCUT2D eigenvalue weighted by molar-refractivity contribution is 6.29. The summed E-state index contributed by atoms with van der Waals surface area (Å²) in [5, 5.41) is 18.3. The molecule has 1 N–H and O–H groups in total. The van der Waals surface area contributed by atoms with Crippen molar-refractivity contribution in [3.8, 4) is 6.07 Å². The molecular weight excluding hydrogens is 264 g/mol. The van der Waals surface area contributed by atoms with Crippen molar-refractivity contribution in [3.05, 3.63) is 22.8 Å². The Bertz CT molecular complexity index is 474. The molecule has 0 spiro atoms. The molecule has 0 aliphatic carbocycles. The second-order valence-electron chi connectivity index (χ2n) is 4.55. The largest absolute Gasteiger partial charge is 0.395 e. The molecule has 19 heavy (non-hydrogen) atoms. The summed E-state index contributed by atoms with van der Waals surface area (Å²) >= 11 is 5.93. The number of aliphatic hydroxyl groups excluding tert-OH is 1. The maximum Gasteiger partial charge on any atom is 0.132 e. The number of anilines is 1. The number of hydrogen-bond acceptors (Lipinski definition) is 5. The van der Waals surface area contributed by atoms with E-state index in [-0.39, 0.29) is 6.61 Å². The van der Waals surface area contributed by atoms with Gasteiger partial charge < -0.3 is 10.0 Å². The first-order valence-electron chi connectivity index (χ1n) is 6.39. The minimum Gasteiger partial charge on any atom is -0.395 e. The molecule has 0 saturated carbocycles. The minimum atomic E-state index is 0.188. The van der Waals surface area contributed by atoms with Crippen LogP contribution in [0.4, 0.5) is 5.82 Å². The SMILES string of the molecule is N#Cc1cc(Cl)nc(N2CCCN(CCO)CC2)c1. The Balaban J connectivity index is 2.10. The molecule has 5 nitrogen and oxygen atoms in total. The summed E-state index contributed by atoms with van der Waals surface area (Å²) < 4.78 is 0. The van der Waals surface area contributed by atoms with Gasteiger partial charge in [0.15, 0.2) is 0 Å². The molecule has 102 valence electrons. The summed E-state index contributed by atoms with van der Waals surface area (Å²) in [6.45, 7) is 4.48. The zero-order chi connectivity index (χ0) is 13.7. The van der Waals surface area contributed by atoms with E-state index in [0.29, 0.717) is 17.3 Å². The summed E-state index contributed by atoms with van der Waals surface area (Å²) in [4.78, 5) is 8.67. The van der Waals surface area contributed by atoms with Gasteiger partial charge >= 0.3 is 0 Å². The fourth-order valence-electron chi connectivity index (χ4n) is 2.27. The molecule has 1 aliphatic rings. The van der Waals surface area contributed by atoms with Gasteiger partial charge in [-0.05, 0) is 25.1 Å². The lowest BCUT2D eigenvalue weighted by molar-refractivity contribution is 0.204. The van der Waals surface area contributed by atoms with Crippen LogP contribution in [0, 0.1) is 11.3 Å². The van der Waals surface area contributed by atoms with Gasteiger partial charge in [-0.1, -0.05) is 11.6 Å². The average molecular weight is 281 g/mol. The number of β-amino-alcohol motifs (C(OH)–C–C–N with tert-alkyl or cyclic N) is 1. The monoisotopic (exact) mass is 280 g/mol. The van der Waals surface area contributed by atoms with Gasteiger partial charge in [-0.15, -0.1) is 0 Å². The van der Waals surface area contributed by atoms with Gasteiger partial charge in [-0.2, -0.15) is 5.26 Å². The minimum absolute atomic E-state index is 0.188. The lowest BCUT2D eigenvalue weighted by atomic mass is 10.2. The van der Waals surface area contributed by atoms with E-state index in [1.54, 1.807) is 12.1 Å². The predicted molar refractivity (Wildman–Crippen MR) is 74.3 cm³/mol. The second-order valence-corrected chi connectivity index (χ2v) is 4.94. The van der Waals surface area contributed by atoms with E-state index < -0.39 is 0 Å². The molecule has 0 aromatic carbocycles. The fourth-order valence-corrected chi connectivity index (χ4v) is 2.48. The molecule has 1 aromatic rings. The maximum absolute atomic E-state index is 8.98. The van der Waals surface area contributed by atoms with Crippen molar-refractivity contribution < 1.29 is 5.11 Å². The first-order chi connectivity index (χ1) is 9.22. The lowest BCUT2D eigenvalue weighted by Gasteiger charge is -2.22. The van der Waals surface area contributed by atoms with Crippen LogP contribution in [-0.4, -0.2) is 54.3 Å². The number of nitriles is 1. The number of rotatable bonds is 3. The van der Waals surface area contributed by atoms with Gasteiger partial charge in [-0.3, -0.25) is 4.90 Å². The van der Waals surface area contributed by atoms with E-state index in [2.05, 4.69) is 20.9 Å². The Hall–Kier alpha value is -1.35. The summed E-state index contributed by atoms with van der Waals surface area (Å²) in [5.74, 6) is 0.759. The molecule has 1 aliphatic heterocycles. The van der Waals surface area contributed by atoms with Crippen molar-refractivity contribution in [1.82, 2.24) is 9.88 Å². The van der Waals surface area contributed by atoms with Gasteiger partial charge in [0.25, 0.3) is 0 Å². The number of aromatic nitrogens is 1. The Labute approximate surface area is 118 Å². The first kappa shape index (κ1) is 14.1. The van der Waals surface area contributed by atoms with Crippen LogP contribution in [0.3, 0.4) is 0 Å². The summed E-state index contributed by atoms with van der Waals surface area (Å²) in [6, 6.07) is 5.44. The van der Waals surface area contributed by atoms with Crippen molar-refractivity contribution in [2.24, 2.45) is 0 Å². The van der Waals surface area contributed by atoms with Crippen LogP contribution >= 0.6 is 11.6 Å². The summed E-state index contributed by atoms with van der Waals surface area (Å²) in [6.07, 6.45) is 1.01. The number of hydrogen-bond donors (Lipinski definition) is 1. The van der Waals surface area contributed by atoms with Crippen LogP contribution in [0.2, 0.25) is 5.15 Å². The lowest BCUT2D eigenvalue weighted by Crippen LogP contribution is -2.32. The molecule has 0 atom stereocenters. The molecule has 0 unspecified atom stereocenters. The van der Waals surface area contributed by atoms with E-state index in [4.69, 9.17) is 22.0 Å². The first-order valence-corrected chi connectivity index (χ1v) is 6.76. The average Bonchev–Trinajstić information content (AvgIpc) is 2.64. The molecule has 0 bridgehead atoms. The Morgan fingerprint density at radius 1 is 1.32 bits per heavy atom. The topological polar surface area (TPSA) is 63.4 Å². The number of halogens is 1. The van der Waals surface area contributed by atoms with Crippen LogP contribution in [-0.2, 0) is 0 Å². The smallest absolute Gasteiger partial charge is 0.132 e. The normalized spacial score (nSPS) is 17.0. The van der Waals surface area contributed by atoms with Gasteiger partial charge in [0.05, 0.1) is 18.2 Å². The van der Waals surface area contributed by atoms with E-state index >= 15 is 0 Å². The highest BCUT2D eigenvalue weighted by Crippen LogP contribution is 2.19. The van der Waals surface area contributed by atoms with E-state index in [1.807, 2.05) is 0 Å². The van der Waals surface area contributed by atoms with Gasteiger partial charge in [0, 0.05) is 26.2 Å². The molecule has 6 heteroatoms. The van der Waals surface area contributed by atoms with Crippen molar-refractivity contribution in [3.63, 3.8) is 0 Å². The van der Waals surface area contributed by atoms with Crippen LogP contribution in [0.25, 0.3) is 0 Å². The second kappa shape index (κ2) is 6.71. The number of aliphatic hydroxyl groups is 1. The third-order valence-electron chi connectivity index (χ3n) is 3.24. The number of pyridine rings is 1. The molecule has 1 saturated heterocycles. The summed E-state index contributed by atoms with van der Waals surface area (Å²) in [7, 11) is 0. The van der Waals surface area contributed by atoms with Crippen LogP contribution < -0.4 is 4.90 Å². The van der Waals surface area contributed by atoms with E-state index in [9.17, 15) is 0 Å². The molecule has 2 heterocycles. The van der Waals surface area contributed by atoms with Crippen molar-refractivity contribution >= 4 is 17.4 Å². The zero-order valence-corrected chi connectivity index (χ0v) is 11.5. The van der Waals surface area contributed by atoms with Crippen molar-refractivity contribution in [2.45, 2.75) is 6.42 Å². The Morgan fingerprint density at radius 2 is 2.16 bits per heavy atom. The van der Waals surface area contributed by atoms with E-state index in [0.717, 1.165) is 38.4 Å². The van der Waals surface area contributed by atoms with Crippen LogP contribution in [0.5, 0.6) is 0 Å². The van der Waals surface area contributed by atoms with Gasteiger partial charge in [-0.25, -0.2) is 4.98 Å². The highest BCUT2D eigenvalue weighted by atomic mass is 35.5. The van der Waals surface area contributed by atoms with Gasteiger partial charge in [0.1, 0.15) is 11.0 Å². The predicted octanol–water partition coefficient (Wildman–Crippen LogP) is 1.11. The molecule has 0 amide bonds. The quantitative estimate of drug-likeness (QED) is 0.841. The third-order valence-corrected chi connectivity index (χ3v) is 3.43. The Kier molecular flexibility index (Phi) is 4.97. The molecule has 1 aromatic heterocycles. The van der Waals surface area contributed by atoms with E-state index in [1.165, 1.54) is 0 Å². The third kappa shape index (κ3) is 3.80. The van der Waals surface area contributed by atoms with Gasteiger partial charge in [0.2, 0.25) is 0 Å². The number of nitrogens with zero attached hydrogens (tertiary/aromatic N) is 4. The molecule has 2 rings (SSSR count). The van der Waals surface area contributed by atoms with Crippen LogP contribution in [0.1, 0.15) is 12.0 Å². The molecule has 1 fully saturated rings. The van der Waals surface area contributed by atoms with Crippen molar-refractivity contribution in [2.75, 3.05) is 44.2 Å². The zero-order valence-electron chi connectivity index (χ0n) is 10.7. The van der Waals surface area contributed by atoms with Crippen molar-refractivity contribution in [1.29, 1.82) is 5.26 Å². The fraction of sp³-hybridized carbons (Fsp3) is 0.538. The Morgan fingerprint density at radius 3 is 2.89 bits per heavy atom. The standard InChI is InChI=1S/C13H17ClN4O/c14-12-8-11(10-15)9-13(16-12)18-3-1-2-17(4-5-18)6-7-19/h8-9,19H,1-7H2. The molecule has 0 radical (unpaired) electrons. The summed E-state index contributed by atoms with van der Waals surface area (Å²) in [5.41, 5.74) is 0.534.